The van der Waals surface area contributed by atoms with Crippen LogP contribution >= 0.6 is 15.9 Å². The zero-order chi connectivity index (χ0) is 26.4. The summed E-state index contributed by atoms with van der Waals surface area (Å²) in [6, 6.07) is 17.4. The fourth-order valence-corrected chi connectivity index (χ4v) is 4.13. The number of aryl methyl sites for hydroxylation is 1. The highest BCUT2D eigenvalue weighted by atomic mass is 79.9. The Balaban J connectivity index is 1.62. The molecule has 37 heavy (non-hydrogen) atoms. The number of halogens is 1. The Labute approximate surface area is 222 Å². The van der Waals surface area contributed by atoms with Crippen LogP contribution in [0.2, 0.25) is 0 Å². The molecule has 190 valence electrons. The van der Waals surface area contributed by atoms with Crippen molar-refractivity contribution in [2.45, 2.75) is 33.3 Å². The van der Waals surface area contributed by atoms with E-state index in [1.54, 1.807) is 42.6 Å². The first kappa shape index (κ1) is 26.1. The maximum absolute atomic E-state index is 13.2. The second-order valence-corrected chi connectivity index (χ2v) is 9.15. The van der Waals surface area contributed by atoms with Crippen molar-refractivity contribution in [1.29, 1.82) is 0 Å². The van der Waals surface area contributed by atoms with Crippen LogP contribution in [0.5, 0.6) is 11.5 Å². The standard InChI is InChI=1S/C28H26BrN3O5/c1-3-6-26-31-23-11-10-21(29)15-22(23)27(33)32(26)30-16-18-9-12-24(25(14-18)36-4-2)37-17-19-7-5-8-20(13-19)28(34)35/h5,7-16H,3-4,6,17H2,1-2H3,(H,34,35). The van der Waals surface area contributed by atoms with E-state index in [4.69, 9.17) is 9.47 Å². The van der Waals surface area contributed by atoms with E-state index in [2.05, 4.69) is 26.0 Å². The van der Waals surface area contributed by atoms with Gasteiger partial charge in [0.2, 0.25) is 0 Å². The summed E-state index contributed by atoms with van der Waals surface area (Å²) < 4.78 is 13.8. The minimum absolute atomic E-state index is 0.183. The number of aromatic carboxylic acids is 1. The number of nitrogens with zero attached hydrogens (tertiary/aromatic N) is 3. The molecule has 0 saturated carbocycles. The van der Waals surface area contributed by atoms with Gasteiger partial charge in [-0.25, -0.2) is 9.78 Å². The number of carbonyl (C=O) groups is 1. The molecular formula is C28H26BrN3O5. The first-order chi connectivity index (χ1) is 17.9. The van der Waals surface area contributed by atoms with E-state index in [1.165, 1.54) is 10.7 Å². The molecule has 0 saturated heterocycles. The van der Waals surface area contributed by atoms with Gasteiger partial charge < -0.3 is 14.6 Å². The molecule has 4 rings (SSSR count). The Morgan fingerprint density at radius 1 is 1.08 bits per heavy atom. The third-order valence-electron chi connectivity index (χ3n) is 5.51. The zero-order valence-corrected chi connectivity index (χ0v) is 22.1. The molecular weight excluding hydrogens is 538 g/mol. The third kappa shape index (κ3) is 6.24. The fraction of sp³-hybridized carbons (Fsp3) is 0.214. The van der Waals surface area contributed by atoms with Crippen molar-refractivity contribution < 1.29 is 19.4 Å². The Morgan fingerprint density at radius 2 is 1.92 bits per heavy atom. The van der Waals surface area contributed by atoms with Crippen molar-refractivity contribution in [3.8, 4) is 11.5 Å². The summed E-state index contributed by atoms with van der Waals surface area (Å²) in [5, 5.41) is 14.2. The van der Waals surface area contributed by atoms with E-state index in [9.17, 15) is 14.7 Å². The topological polar surface area (TPSA) is 103 Å². The van der Waals surface area contributed by atoms with Crippen LogP contribution < -0.4 is 15.0 Å². The van der Waals surface area contributed by atoms with E-state index in [1.807, 2.05) is 32.0 Å². The van der Waals surface area contributed by atoms with Gasteiger partial charge in [0, 0.05) is 10.9 Å². The van der Waals surface area contributed by atoms with Gasteiger partial charge in [-0.05, 0) is 73.0 Å². The van der Waals surface area contributed by atoms with Crippen molar-refractivity contribution >= 4 is 39.0 Å². The molecule has 4 aromatic rings. The minimum Gasteiger partial charge on any atom is -0.490 e. The van der Waals surface area contributed by atoms with Crippen LogP contribution in [0.25, 0.3) is 10.9 Å². The largest absolute Gasteiger partial charge is 0.490 e. The number of hydrogen-bond donors (Lipinski definition) is 1. The summed E-state index contributed by atoms with van der Waals surface area (Å²) >= 11 is 3.42. The maximum Gasteiger partial charge on any atom is 0.335 e. The number of aromatic nitrogens is 2. The Hall–Kier alpha value is -3.98. The smallest absolute Gasteiger partial charge is 0.335 e. The number of ether oxygens (including phenoxy) is 2. The van der Waals surface area contributed by atoms with Gasteiger partial charge in [0.15, 0.2) is 11.5 Å². The molecule has 0 atom stereocenters. The molecule has 1 N–H and O–H groups in total. The van der Waals surface area contributed by atoms with E-state index in [0.29, 0.717) is 46.8 Å². The van der Waals surface area contributed by atoms with Crippen LogP contribution in [-0.2, 0) is 13.0 Å². The lowest BCUT2D eigenvalue weighted by atomic mass is 10.1. The Bertz CT molecular complexity index is 1530. The molecule has 0 radical (unpaired) electrons. The van der Waals surface area contributed by atoms with Gasteiger partial charge in [0.05, 0.1) is 29.3 Å². The number of rotatable bonds is 10. The quantitative estimate of drug-likeness (QED) is 0.249. The lowest BCUT2D eigenvalue weighted by Crippen LogP contribution is -2.22. The van der Waals surface area contributed by atoms with Crippen molar-refractivity contribution in [2.24, 2.45) is 5.10 Å². The van der Waals surface area contributed by atoms with Gasteiger partial charge in [-0.2, -0.15) is 9.78 Å². The number of carboxylic acid groups (broad SMARTS) is 1. The van der Waals surface area contributed by atoms with Gasteiger partial charge in [0.25, 0.3) is 5.56 Å². The number of hydrogen-bond acceptors (Lipinski definition) is 6. The molecule has 0 aliphatic rings. The van der Waals surface area contributed by atoms with Crippen molar-refractivity contribution in [1.82, 2.24) is 9.66 Å². The van der Waals surface area contributed by atoms with Crippen molar-refractivity contribution in [3.05, 3.63) is 98.0 Å². The molecule has 0 spiro atoms. The predicted octanol–water partition coefficient (Wildman–Crippen LogP) is 5.67. The number of benzene rings is 3. The summed E-state index contributed by atoms with van der Waals surface area (Å²) in [7, 11) is 0. The highest BCUT2D eigenvalue weighted by Gasteiger charge is 2.12. The van der Waals surface area contributed by atoms with Crippen LogP contribution in [0.15, 0.2) is 75.0 Å². The van der Waals surface area contributed by atoms with E-state index in [0.717, 1.165) is 16.5 Å². The molecule has 1 heterocycles. The number of fused-ring (bicyclic) bond motifs is 1. The summed E-state index contributed by atoms with van der Waals surface area (Å²) in [6.07, 6.45) is 3.02. The molecule has 0 bridgehead atoms. The summed E-state index contributed by atoms with van der Waals surface area (Å²) in [4.78, 5) is 29.1. The molecule has 3 aromatic carbocycles. The van der Waals surface area contributed by atoms with Crippen LogP contribution in [0.1, 0.15) is 47.6 Å². The van der Waals surface area contributed by atoms with Crippen molar-refractivity contribution in [3.63, 3.8) is 0 Å². The molecule has 8 nitrogen and oxygen atoms in total. The van der Waals surface area contributed by atoms with Gasteiger partial charge in [-0.3, -0.25) is 4.79 Å². The van der Waals surface area contributed by atoms with E-state index in [-0.39, 0.29) is 17.7 Å². The minimum atomic E-state index is -0.990. The molecule has 0 unspecified atom stereocenters. The summed E-state index contributed by atoms with van der Waals surface area (Å²) in [5.41, 5.74) is 2.04. The SMILES string of the molecule is CCCc1nc2ccc(Br)cc2c(=O)n1N=Cc1ccc(OCc2cccc(C(=O)O)c2)c(OCC)c1. The monoisotopic (exact) mass is 563 g/mol. The Kier molecular flexibility index (Phi) is 8.35. The van der Waals surface area contributed by atoms with Crippen LogP contribution in [0.4, 0.5) is 0 Å². The zero-order valence-electron chi connectivity index (χ0n) is 20.5. The summed E-state index contributed by atoms with van der Waals surface area (Å²) in [5.74, 6) is 0.631. The molecule has 0 fully saturated rings. The van der Waals surface area contributed by atoms with Gasteiger partial charge in [-0.1, -0.05) is 35.0 Å². The summed E-state index contributed by atoms with van der Waals surface area (Å²) in [6.45, 7) is 4.51. The lowest BCUT2D eigenvalue weighted by Gasteiger charge is -2.13. The molecule has 9 heteroatoms. The molecule has 1 aromatic heterocycles. The first-order valence-electron chi connectivity index (χ1n) is 11.9. The van der Waals surface area contributed by atoms with Crippen molar-refractivity contribution in [2.75, 3.05) is 6.61 Å². The maximum atomic E-state index is 13.2. The normalized spacial score (nSPS) is 11.2. The van der Waals surface area contributed by atoms with E-state index >= 15 is 0 Å². The fourth-order valence-electron chi connectivity index (χ4n) is 3.77. The van der Waals surface area contributed by atoms with E-state index < -0.39 is 5.97 Å². The van der Waals surface area contributed by atoms with Gasteiger partial charge >= 0.3 is 5.97 Å². The average molecular weight is 564 g/mol. The highest BCUT2D eigenvalue weighted by molar-refractivity contribution is 9.10. The van der Waals surface area contributed by atoms with Crippen LogP contribution in [-0.4, -0.2) is 33.6 Å². The molecule has 0 amide bonds. The third-order valence-corrected chi connectivity index (χ3v) is 6.00. The first-order valence-corrected chi connectivity index (χ1v) is 12.7. The Morgan fingerprint density at radius 3 is 2.68 bits per heavy atom. The second kappa shape index (κ2) is 11.8. The van der Waals surface area contributed by atoms with Gasteiger partial charge in [0.1, 0.15) is 12.4 Å². The molecule has 0 aliphatic carbocycles. The highest BCUT2D eigenvalue weighted by Crippen LogP contribution is 2.29. The van der Waals surface area contributed by atoms with Crippen LogP contribution in [0, 0.1) is 0 Å². The number of carboxylic acids is 1. The molecule has 0 aliphatic heterocycles. The predicted molar refractivity (Wildman–Crippen MR) is 146 cm³/mol. The average Bonchev–Trinajstić information content (AvgIpc) is 2.89. The second-order valence-electron chi connectivity index (χ2n) is 8.23. The lowest BCUT2D eigenvalue weighted by molar-refractivity contribution is 0.0696. The van der Waals surface area contributed by atoms with Crippen LogP contribution in [0.3, 0.4) is 0 Å². The van der Waals surface area contributed by atoms with Gasteiger partial charge in [-0.15, -0.1) is 0 Å².